The van der Waals surface area contributed by atoms with Gasteiger partial charge in [0.2, 0.25) is 0 Å². The van der Waals surface area contributed by atoms with Crippen molar-refractivity contribution in [1.29, 1.82) is 0 Å². The first-order valence-electron chi connectivity index (χ1n) is 10.0. The maximum atomic E-state index is 13.0. The predicted molar refractivity (Wildman–Crippen MR) is 106 cm³/mol. The van der Waals surface area contributed by atoms with Gasteiger partial charge in [-0.15, -0.1) is 0 Å². The van der Waals surface area contributed by atoms with Gasteiger partial charge in [0.05, 0.1) is 11.6 Å². The van der Waals surface area contributed by atoms with Gasteiger partial charge in [-0.3, -0.25) is 4.79 Å². The Balaban J connectivity index is 1.68. The molecule has 0 saturated carbocycles. The molecule has 28 heavy (non-hydrogen) atoms. The van der Waals surface area contributed by atoms with Crippen molar-refractivity contribution in [3.8, 4) is 5.75 Å². The smallest absolute Gasteiger partial charge is 0.318 e. The van der Waals surface area contributed by atoms with E-state index in [1.165, 1.54) is 4.90 Å². The van der Waals surface area contributed by atoms with Crippen molar-refractivity contribution in [2.75, 3.05) is 40.5 Å². The molecule has 2 fully saturated rings. The number of para-hydroxylation sites is 1. The van der Waals surface area contributed by atoms with Crippen molar-refractivity contribution < 1.29 is 19.1 Å². The number of amides is 3. The molecule has 0 aromatic heterocycles. The van der Waals surface area contributed by atoms with Crippen LogP contribution < -0.4 is 10.1 Å². The van der Waals surface area contributed by atoms with Gasteiger partial charge < -0.3 is 24.6 Å². The maximum Gasteiger partial charge on any atom is 0.318 e. The molecule has 3 amide bonds. The van der Waals surface area contributed by atoms with Gasteiger partial charge in [0.25, 0.3) is 5.91 Å². The van der Waals surface area contributed by atoms with E-state index in [1.807, 2.05) is 36.1 Å². The highest BCUT2D eigenvalue weighted by atomic mass is 16.5. The van der Waals surface area contributed by atoms with Crippen molar-refractivity contribution in [2.45, 2.75) is 44.2 Å². The van der Waals surface area contributed by atoms with Gasteiger partial charge in [-0.25, -0.2) is 4.79 Å². The van der Waals surface area contributed by atoms with Crippen LogP contribution >= 0.6 is 0 Å². The van der Waals surface area contributed by atoms with Crippen molar-refractivity contribution in [3.63, 3.8) is 0 Å². The summed E-state index contributed by atoms with van der Waals surface area (Å²) >= 11 is 0. The van der Waals surface area contributed by atoms with Crippen LogP contribution in [0.2, 0.25) is 0 Å². The minimum Gasteiger partial charge on any atom is -0.483 e. The number of likely N-dealkylation sites (N-methyl/N-ethyl adjacent to an activating group) is 1. The van der Waals surface area contributed by atoms with Gasteiger partial charge >= 0.3 is 6.03 Å². The van der Waals surface area contributed by atoms with Crippen molar-refractivity contribution in [3.05, 3.63) is 29.8 Å². The molecule has 1 unspecified atom stereocenters. The molecule has 1 spiro atoms. The second-order valence-electron chi connectivity index (χ2n) is 7.76. The van der Waals surface area contributed by atoms with Crippen LogP contribution in [0, 0.1) is 0 Å². The Kier molecular flexibility index (Phi) is 6.44. The van der Waals surface area contributed by atoms with Gasteiger partial charge in [0.15, 0.2) is 6.61 Å². The average molecular weight is 389 g/mol. The summed E-state index contributed by atoms with van der Waals surface area (Å²) in [6.07, 6.45) is 3.59. The third kappa shape index (κ3) is 4.24. The fraction of sp³-hybridized carbons (Fsp3) is 0.619. The molecule has 2 aliphatic heterocycles. The molecule has 2 aliphatic rings. The van der Waals surface area contributed by atoms with Gasteiger partial charge in [0, 0.05) is 39.4 Å². The number of nitrogens with one attached hydrogen (secondary N) is 1. The van der Waals surface area contributed by atoms with Crippen LogP contribution in [-0.2, 0) is 9.53 Å². The molecular weight excluding hydrogens is 358 g/mol. The first-order chi connectivity index (χ1) is 13.5. The van der Waals surface area contributed by atoms with Crippen molar-refractivity contribution in [1.82, 2.24) is 15.1 Å². The number of urea groups is 1. The first kappa shape index (κ1) is 20.5. The molecule has 1 aromatic rings. The Morgan fingerprint density at radius 3 is 2.57 bits per heavy atom. The molecule has 154 valence electrons. The molecule has 3 rings (SSSR count). The number of carbonyl (C=O) groups is 2. The summed E-state index contributed by atoms with van der Waals surface area (Å²) in [5, 5.41) is 3.18. The monoisotopic (exact) mass is 389 g/mol. The van der Waals surface area contributed by atoms with Gasteiger partial charge in [-0.1, -0.05) is 25.1 Å². The van der Waals surface area contributed by atoms with E-state index in [1.54, 1.807) is 14.1 Å². The number of likely N-dealkylation sites (tertiary alicyclic amines) is 1. The molecule has 1 aromatic carbocycles. The molecule has 0 radical (unpaired) electrons. The maximum absolute atomic E-state index is 13.0. The average Bonchev–Trinajstić information content (AvgIpc) is 2.70. The summed E-state index contributed by atoms with van der Waals surface area (Å²) in [4.78, 5) is 28.3. The van der Waals surface area contributed by atoms with Crippen LogP contribution in [0.25, 0.3) is 0 Å². The quantitative estimate of drug-likeness (QED) is 0.812. The van der Waals surface area contributed by atoms with Crippen LogP contribution in [-0.4, -0.2) is 67.7 Å². The summed E-state index contributed by atoms with van der Waals surface area (Å²) in [7, 11) is 3.40. The highest BCUT2D eigenvalue weighted by Crippen LogP contribution is 2.39. The third-order valence-electron chi connectivity index (χ3n) is 5.89. The number of hydrogen-bond acceptors (Lipinski definition) is 4. The van der Waals surface area contributed by atoms with Crippen molar-refractivity contribution >= 4 is 11.9 Å². The molecule has 7 nitrogen and oxygen atoms in total. The number of carbonyl (C=O) groups excluding carboxylic acids is 2. The van der Waals surface area contributed by atoms with Gasteiger partial charge in [0.1, 0.15) is 5.75 Å². The van der Waals surface area contributed by atoms with E-state index in [2.05, 4.69) is 5.32 Å². The lowest BCUT2D eigenvalue weighted by Gasteiger charge is -2.54. The van der Waals surface area contributed by atoms with E-state index in [4.69, 9.17) is 9.47 Å². The molecule has 2 heterocycles. The zero-order chi connectivity index (χ0) is 20.1. The number of benzene rings is 1. The predicted octanol–water partition coefficient (Wildman–Crippen LogP) is 2.57. The second kappa shape index (κ2) is 8.82. The normalized spacial score (nSPS) is 18.9. The number of ether oxygens (including phenoxy) is 2. The number of rotatable bonds is 6. The molecular formula is C21H31N3O4. The van der Waals surface area contributed by atoms with E-state index >= 15 is 0 Å². The Morgan fingerprint density at radius 1 is 1.25 bits per heavy atom. The van der Waals surface area contributed by atoms with E-state index in [0.717, 1.165) is 51.0 Å². The Morgan fingerprint density at radius 2 is 1.96 bits per heavy atom. The van der Waals surface area contributed by atoms with Crippen LogP contribution in [0.3, 0.4) is 0 Å². The molecule has 0 aliphatic carbocycles. The SMILES string of the molecule is CCC(NC(=O)N1CCC12CCOCC2)c1ccccc1OCC(=O)N(C)C. The minimum atomic E-state index is -0.171. The second-order valence-corrected chi connectivity index (χ2v) is 7.76. The zero-order valence-electron chi connectivity index (χ0n) is 17.1. The summed E-state index contributed by atoms with van der Waals surface area (Å²) in [6.45, 7) is 4.24. The number of nitrogens with zero attached hydrogens (tertiary/aromatic N) is 2. The first-order valence-corrected chi connectivity index (χ1v) is 10.0. The highest BCUT2D eigenvalue weighted by molar-refractivity contribution is 5.78. The van der Waals surface area contributed by atoms with Gasteiger partial charge in [-0.2, -0.15) is 0 Å². The standard InChI is InChI=1S/C21H31N3O4/c1-4-17(16-7-5-6-8-18(16)28-15-19(25)23(2)3)22-20(26)24-12-9-21(24)10-13-27-14-11-21/h5-8,17H,4,9-15H2,1-3H3,(H,22,26). The lowest BCUT2D eigenvalue weighted by molar-refractivity contribution is -0.130. The summed E-state index contributed by atoms with van der Waals surface area (Å²) in [5.41, 5.74) is 0.862. The van der Waals surface area contributed by atoms with Crippen molar-refractivity contribution in [2.24, 2.45) is 0 Å². The molecule has 2 saturated heterocycles. The zero-order valence-corrected chi connectivity index (χ0v) is 17.1. The lowest BCUT2D eigenvalue weighted by Crippen LogP contribution is -2.66. The van der Waals surface area contributed by atoms with Crippen LogP contribution in [0.15, 0.2) is 24.3 Å². The minimum absolute atomic E-state index is 0.0242. The van der Waals surface area contributed by atoms with E-state index in [-0.39, 0.29) is 30.1 Å². The Labute approximate surface area is 167 Å². The summed E-state index contributed by atoms with van der Waals surface area (Å²) < 4.78 is 11.2. The van der Waals surface area contributed by atoms with Crippen LogP contribution in [0.5, 0.6) is 5.75 Å². The lowest BCUT2D eigenvalue weighted by atomic mass is 9.78. The summed E-state index contributed by atoms with van der Waals surface area (Å²) in [5.74, 6) is 0.531. The Bertz CT molecular complexity index is 701. The third-order valence-corrected chi connectivity index (χ3v) is 5.89. The van der Waals surface area contributed by atoms with E-state index < -0.39 is 0 Å². The van der Waals surface area contributed by atoms with Crippen LogP contribution in [0.1, 0.15) is 44.2 Å². The topological polar surface area (TPSA) is 71.1 Å². The van der Waals surface area contributed by atoms with E-state index in [0.29, 0.717) is 5.75 Å². The highest BCUT2D eigenvalue weighted by Gasteiger charge is 2.48. The molecule has 0 bridgehead atoms. The summed E-state index contributed by atoms with van der Waals surface area (Å²) in [6, 6.07) is 7.39. The molecule has 1 atom stereocenters. The van der Waals surface area contributed by atoms with Crippen LogP contribution in [0.4, 0.5) is 4.79 Å². The fourth-order valence-electron chi connectivity index (χ4n) is 3.92. The molecule has 1 N–H and O–H groups in total. The molecule has 7 heteroatoms. The largest absolute Gasteiger partial charge is 0.483 e. The fourth-order valence-corrected chi connectivity index (χ4v) is 3.92. The number of hydrogen-bond donors (Lipinski definition) is 1. The van der Waals surface area contributed by atoms with Gasteiger partial charge in [-0.05, 0) is 31.7 Å². The van der Waals surface area contributed by atoms with E-state index in [9.17, 15) is 9.59 Å². The Hall–Kier alpha value is -2.28.